The van der Waals surface area contributed by atoms with Gasteiger partial charge in [0.15, 0.2) is 12.4 Å². The van der Waals surface area contributed by atoms with Gasteiger partial charge in [-0.1, -0.05) is 6.07 Å². The molecule has 0 spiro atoms. The predicted molar refractivity (Wildman–Crippen MR) is 141 cm³/mol. The van der Waals surface area contributed by atoms with Gasteiger partial charge in [-0.05, 0) is 36.8 Å². The SMILES string of the molecule is COc1nccc(-c2cc3c(cc2Nc2cccc4c2C(=O)N([C@H]2CCC(=O)NC2=O)C4=O)N(C)C(=O)CO3)c1F. The van der Waals surface area contributed by atoms with Crippen LogP contribution < -0.4 is 25.0 Å². The van der Waals surface area contributed by atoms with Gasteiger partial charge in [-0.25, -0.2) is 9.37 Å². The maximum atomic E-state index is 15.4. The van der Waals surface area contributed by atoms with Gasteiger partial charge in [0.05, 0.1) is 29.6 Å². The second-order valence-corrected chi connectivity index (χ2v) is 9.59. The third-order valence-corrected chi connectivity index (χ3v) is 7.26. The number of likely N-dealkylation sites (N-methyl/N-ethyl adjacent to an activating group) is 1. The summed E-state index contributed by atoms with van der Waals surface area (Å²) in [5.41, 5.74) is 1.38. The number of hydrogen-bond acceptors (Lipinski definition) is 9. The molecule has 13 heteroatoms. The molecule has 1 saturated heterocycles. The van der Waals surface area contributed by atoms with Crippen LogP contribution in [0.4, 0.5) is 21.5 Å². The molecule has 208 valence electrons. The number of rotatable bonds is 5. The summed E-state index contributed by atoms with van der Waals surface area (Å²) in [7, 11) is 2.86. The van der Waals surface area contributed by atoms with Crippen molar-refractivity contribution in [1.82, 2.24) is 15.2 Å². The van der Waals surface area contributed by atoms with Gasteiger partial charge in [0.25, 0.3) is 23.6 Å². The monoisotopic (exact) mass is 559 g/mol. The highest BCUT2D eigenvalue weighted by atomic mass is 19.1. The van der Waals surface area contributed by atoms with E-state index in [9.17, 15) is 24.0 Å². The van der Waals surface area contributed by atoms with Gasteiger partial charge in [0, 0.05) is 36.5 Å². The van der Waals surface area contributed by atoms with Gasteiger partial charge >= 0.3 is 0 Å². The highest BCUT2D eigenvalue weighted by Crippen LogP contribution is 2.44. The third kappa shape index (κ3) is 4.13. The molecule has 2 N–H and O–H groups in total. The summed E-state index contributed by atoms with van der Waals surface area (Å²) in [6, 6.07) is 8.04. The number of ether oxygens (including phenoxy) is 2. The number of halogens is 1. The van der Waals surface area contributed by atoms with Crippen molar-refractivity contribution in [3.63, 3.8) is 0 Å². The molecule has 3 aromatic rings. The van der Waals surface area contributed by atoms with Crippen LogP contribution in [0.15, 0.2) is 42.6 Å². The largest absolute Gasteiger partial charge is 0.482 e. The first-order valence-corrected chi connectivity index (χ1v) is 12.6. The molecular formula is C28H22FN5O7. The molecule has 0 aliphatic carbocycles. The number of carbonyl (C=O) groups is 5. The smallest absolute Gasteiger partial charge is 0.264 e. The molecule has 1 fully saturated rings. The summed E-state index contributed by atoms with van der Waals surface area (Å²) in [6.07, 6.45) is 1.37. The van der Waals surface area contributed by atoms with Gasteiger partial charge in [-0.2, -0.15) is 0 Å². The number of fused-ring (bicyclic) bond motifs is 2. The van der Waals surface area contributed by atoms with Crippen LogP contribution in [0.3, 0.4) is 0 Å². The first kappa shape index (κ1) is 25.9. The molecule has 4 heterocycles. The van der Waals surface area contributed by atoms with Crippen molar-refractivity contribution in [3.8, 4) is 22.8 Å². The number of pyridine rings is 1. The number of aromatic nitrogens is 1. The van der Waals surface area contributed by atoms with Crippen LogP contribution in [0.5, 0.6) is 11.6 Å². The number of piperidine rings is 1. The predicted octanol–water partition coefficient (Wildman–Crippen LogP) is 2.40. The Morgan fingerprint density at radius 1 is 1.05 bits per heavy atom. The van der Waals surface area contributed by atoms with E-state index in [1.54, 1.807) is 31.3 Å². The van der Waals surface area contributed by atoms with Crippen LogP contribution in [0.2, 0.25) is 0 Å². The summed E-state index contributed by atoms with van der Waals surface area (Å²) in [5, 5.41) is 5.31. The van der Waals surface area contributed by atoms with E-state index in [0.29, 0.717) is 17.0 Å². The lowest BCUT2D eigenvalue weighted by Gasteiger charge is -2.28. The molecule has 41 heavy (non-hydrogen) atoms. The van der Waals surface area contributed by atoms with Gasteiger partial charge < -0.3 is 19.7 Å². The molecule has 0 bridgehead atoms. The van der Waals surface area contributed by atoms with Crippen molar-refractivity contribution in [2.24, 2.45) is 0 Å². The zero-order valence-corrected chi connectivity index (χ0v) is 21.8. The second kappa shape index (κ2) is 9.70. The Morgan fingerprint density at radius 3 is 2.61 bits per heavy atom. The Bertz CT molecular complexity index is 1690. The quantitative estimate of drug-likeness (QED) is 0.450. The normalized spacial score (nSPS) is 18.1. The maximum Gasteiger partial charge on any atom is 0.264 e. The lowest BCUT2D eigenvalue weighted by Crippen LogP contribution is -2.54. The lowest BCUT2D eigenvalue weighted by molar-refractivity contribution is -0.136. The first-order chi connectivity index (χ1) is 19.7. The fraction of sp³-hybridized carbons (Fsp3) is 0.214. The fourth-order valence-electron chi connectivity index (χ4n) is 5.18. The fourth-order valence-corrected chi connectivity index (χ4v) is 5.18. The van der Waals surface area contributed by atoms with Crippen molar-refractivity contribution in [3.05, 3.63) is 59.5 Å². The number of methoxy groups -OCH3 is 1. The zero-order chi connectivity index (χ0) is 29.0. The van der Waals surface area contributed by atoms with Crippen LogP contribution in [0.25, 0.3) is 11.1 Å². The Labute approximate surface area is 232 Å². The lowest BCUT2D eigenvalue weighted by atomic mass is 10.0. The minimum atomic E-state index is -1.14. The van der Waals surface area contributed by atoms with Crippen molar-refractivity contribution in [2.45, 2.75) is 18.9 Å². The number of nitrogens with one attached hydrogen (secondary N) is 2. The van der Waals surface area contributed by atoms with Crippen LogP contribution >= 0.6 is 0 Å². The number of carbonyl (C=O) groups excluding carboxylic acids is 5. The Morgan fingerprint density at radius 2 is 1.85 bits per heavy atom. The van der Waals surface area contributed by atoms with Crippen LogP contribution in [-0.2, 0) is 14.4 Å². The molecule has 3 aliphatic heterocycles. The average Bonchev–Trinajstić information content (AvgIpc) is 3.21. The number of amides is 5. The standard InChI is InChI=1S/C28H22FN5O7/c1-33-19-11-17(15(10-20(19)41-12-22(33)36)13-8-9-30-26(40-2)24(13)29)31-16-5-3-4-14-23(16)28(39)34(27(14)38)18-6-7-21(35)32-25(18)37/h3-5,8-11,18,31H,6-7,12H2,1-2H3,(H,32,35,37)/t18-/m0/s1. The molecule has 0 radical (unpaired) electrons. The molecule has 5 amide bonds. The second-order valence-electron chi connectivity index (χ2n) is 9.59. The third-order valence-electron chi connectivity index (χ3n) is 7.26. The van der Waals surface area contributed by atoms with E-state index in [0.717, 1.165) is 4.90 Å². The van der Waals surface area contributed by atoms with E-state index >= 15 is 4.39 Å². The Kier molecular flexibility index (Phi) is 6.13. The summed E-state index contributed by atoms with van der Waals surface area (Å²) < 4.78 is 26.1. The zero-order valence-electron chi connectivity index (χ0n) is 21.8. The Balaban J connectivity index is 1.46. The minimum Gasteiger partial charge on any atom is -0.482 e. The summed E-state index contributed by atoms with van der Waals surface area (Å²) in [4.78, 5) is 69.5. The van der Waals surface area contributed by atoms with Crippen LogP contribution in [0, 0.1) is 5.82 Å². The van der Waals surface area contributed by atoms with Gasteiger partial charge in [0.1, 0.15) is 11.8 Å². The van der Waals surface area contributed by atoms with Crippen molar-refractivity contribution in [2.75, 3.05) is 31.0 Å². The highest BCUT2D eigenvalue weighted by Gasteiger charge is 2.45. The molecule has 3 aliphatic rings. The van der Waals surface area contributed by atoms with Crippen molar-refractivity contribution < 1.29 is 37.8 Å². The first-order valence-electron chi connectivity index (χ1n) is 12.6. The van der Waals surface area contributed by atoms with Gasteiger partial charge in [-0.3, -0.25) is 34.2 Å². The Hall–Kier alpha value is -5.33. The maximum absolute atomic E-state index is 15.4. The molecule has 0 saturated carbocycles. The summed E-state index contributed by atoms with van der Waals surface area (Å²) in [5.74, 6) is -3.53. The highest BCUT2D eigenvalue weighted by molar-refractivity contribution is 6.25. The average molecular weight is 560 g/mol. The molecule has 1 atom stereocenters. The molecular weight excluding hydrogens is 537 g/mol. The van der Waals surface area contributed by atoms with E-state index in [4.69, 9.17) is 9.47 Å². The molecule has 6 rings (SSSR count). The van der Waals surface area contributed by atoms with E-state index < -0.39 is 35.5 Å². The summed E-state index contributed by atoms with van der Waals surface area (Å²) >= 11 is 0. The number of benzene rings is 2. The van der Waals surface area contributed by atoms with Crippen LogP contribution in [0.1, 0.15) is 33.6 Å². The van der Waals surface area contributed by atoms with Crippen molar-refractivity contribution >= 4 is 46.6 Å². The molecule has 12 nitrogen and oxygen atoms in total. The van der Waals surface area contributed by atoms with E-state index in [1.165, 1.54) is 30.3 Å². The topological polar surface area (TPSA) is 147 Å². The van der Waals surface area contributed by atoms with Gasteiger partial charge in [0.2, 0.25) is 11.8 Å². The summed E-state index contributed by atoms with van der Waals surface area (Å²) in [6.45, 7) is -0.198. The number of nitrogens with zero attached hydrogens (tertiary/aromatic N) is 3. The molecule has 0 unspecified atom stereocenters. The molecule has 2 aromatic carbocycles. The van der Waals surface area contributed by atoms with E-state index in [2.05, 4.69) is 15.6 Å². The number of anilines is 3. The van der Waals surface area contributed by atoms with Gasteiger partial charge in [-0.15, -0.1) is 0 Å². The van der Waals surface area contributed by atoms with Crippen LogP contribution in [-0.4, -0.2) is 66.2 Å². The van der Waals surface area contributed by atoms with Crippen molar-refractivity contribution in [1.29, 1.82) is 0 Å². The van der Waals surface area contributed by atoms with E-state index in [-0.39, 0.29) is 59.3 Å². The molecule has 1 aromatic heterocycles. The van der Waals surface area contributed by atoms with E-state index in [1.807, 2.05) is 0 Å². The number of hydrogen-bond donors (Lipinski definition) is 2. The minimum absolute atomic E-state index is 0.0112. The number of imide groups is 2.